The van der Waals surface area contributed by atoms with Gasteiger partial charge in [-0.3, -0.25) is 4.79 Å². The van der Waals surface area contributed by atoms with Gasteiger partial charge in [-0.2, -0.15) is 0 Å². The molecule has 1 N–H and O–H groups in total. The van der Waals surface area contributed by atoms with Crippen LogP contribution in [0.2, 0.25) is 0 Å². The van der Waals surface area contributed by atoms with Crippen LogP contribution in [0.25, 0.3) is 10.9 Å². The number of hydrogen-bond donors (Lipinski definition) is 1. The second-order valence-corrected chi connectivity index (χ2v) is 7.67. The Balaban J connectivity index is 1.49. The lowest BCUT2D eigenvalue weighted by molar-refractivity contribution is -0.120. The fourth-order valence-electron chi connectivity index (χ4n) is 2.78. The van der Waals surface area contributed by atoms with Crippen molar-refractivity contribution in [3.8, 4) is 0 Å². The van der Waals surface area contributed by atoms with Gasteiger partial charge < -0.3 is 9.88 Å². The van der Waals surface area contributed by atoms with Crippen molar-refractivity contribution in [3.63, 3.8) is 0 Å². The lowest BCUT2D eigenvalue weighted by Crippen LogP contribution is -2.29. The van der Waals surface area contributed by atoms with Crippen molar-refractivity contribution in [2.24, 2.45) is 0 Å². The van der Waals surface area contributed by atoms with E-state index in [1.54, 1.807) is 24.3 Å². The van der Waals surface area contributed by atoms with E-state index in [0.717, 1.165) is 16.3 Å². The van der Waals surface area contributed by atoms with E-state index in [-0.39, 0.29) is 11.9 Å². The third-order valence-electron chi connectivity index (χ3n) is 4.36. The molecule has 6 heteroatoms. The molecular formula is C20H24N4OS. The zero-order chi connectivity index (χ0) is 18.5. The van der Waals surface area contributed by atoms with Gasteiger partial charge in [0.2, 0.25) is 5.91 Å². The van der Waals surface area contributed by atoms with Crippen molar-refractivity contribution < 1.29 is 4.79 Å². The molecule has 136 valence electrons. The Morgan fingerprint density at radius 3 is 2.92 bits per heavy atom. The molecule has 0 radical (unpaired) electrons. The van der Waals surface area contributed by atoms with Gasteiger partial charge in [-0.25, -0.2) is 9.97 Å². The average Bonchev–Trinajstić information content (AvgIpc) is 3.15. The zero-order valence-corrected chi connectivity index (χ0v) is 16.2. The average molecular weight is 369 g/mol. The number of aryl methyl sites for hydroxylation is 2. The summed E-state index contributed by atoms with van der Waals surface area (Å²) in [5.41, 5.74) is 3.47. The maximum Gasteiger partial charge on any atom is 0.220 e. The van der Waals surface area contributed by atoms with Gasteiger partial charge in [0.25, 0.3) is 0 Å². The van der Waals surface area contributed by atoms with Crippen LogP contribution in [0.3, 0.4) is 0 Å². The molecule has 0 aliphatic carbocycles. The van der Waals surface area contributed by atoms with Crippen LogP contribution in [0.4, 0.5) is 0 Å². The van der Waals surface area contributed by atoms with E-state index >= 15 is 0 Å². The van der Waals surface area contributed by atoms with E-state index in [0.29, 0.717) is 13.0 Å². The molecule has 1 aromatic carbocycles. The predicted molar refractivity (Wildman–Crippen MR) is 107 cm³/mol. The summed E-state index contributed by atoms with van der Waals surface area (Å²) in [6, 6.07) is 8.61. The highest BCUT2D eigenvalue weighted by atomic mass is 32.2. The minimum atomic E-state index is 0.0672. The number of aromatic nitrogens is 3. The first kappa shape index (κ1) is 18.5. The number of imidazole rings is 1. The Hall–Kier alpha value is -2.34. The van der Waals surface area contributed by atoms with Gasteiger partial charge in [0.05, 0.1) is 16.9 Å². The number of hydrogen-bond acceptors (Lipinski definition) is 4. The smallest absolute Gasteiger partial charge is 0.220 e. The highest BCUT2D eigenvalue weighted by Gasteiger charge is 2.08. The van der Waals surface area contributed by atoms with E-state index in [4.69, 9.17) is 4.98 Å². The highest BCUT2D eigenvalue weighted by molar-refractivity contribution is 7.99. The fourth-order valence-corrected chi connectivity index (χ4v) is 3.70. The van der Waals surface area contributed by atoms with Gasteiger partial charge in [-0.1, -0.05) is 11.6 Å². The Kier molecular flexibility index (Phi) is 5.93. The zero-order valence-electron chi connectivity index (χ0n) is 15.4. The van der Waals surface area contributed by atoms with Crippen molar-refractivity contribution in [2.45, 2.75) is 38.3 Å². The molecule has 0 fully saturated rings. The maximum atomic E-state index is 12.1. The third kappa shape index (κ3) is 4.64. The molecule has 0 spiro atoms. The van der Waals surface area contributed by atoms with Crippen molar-refractivity contribution >= 4 is 28.6 Å². The number of nitrogens with one attached hydrogen (secondary N) is 1. The lowest BCUT2D eigenvalue weighted by Gasteiger charge is -2.13. The van der Waals surface area contributed by atoms with Gasteiger partial charge in [-0.05, 0) is 44.5 Å². The predicted octanol–water partition coefficient (Wildman–Crippen LogP) is 3.91. The molecule has 26 heavy (non-hydrogen) atoms. The Bertz CT molecular complexity index is 892. The number of amides is 1. The highest BCUT2D eigenvalue weighted by Crippen LogP contribution is 2.24. The van der Waals surface area contributed by atoms with E-state index in [1.165, 1.54) is 16.5 Å². The molecule has 0 saturated heterocycles. The van der Waals surface area contributed by atoms with Crippen LogP contribution in [-0.2, 0) is 4.79 Å². The monoisotopic (exact) mass is 368 g/mol. The first-order chi connectivity index (χ1) is 12.5. The molecular weight excluding hydrogens is 344 g/mol. The van der Waals surface area contributed by atoms with Crippen molar-refractivity contribution in [1.82, 2.24) is 19.9 Å². The normalized spacial score (nSPS) is 12.3. The van der Waals surface area contributed by atoms with E-state index in [2.05, 4.69) is 55.3 Å². The number of benzene rings is 1. The number of thioether (sulfide) groups is 1. The molecule has 0 aliphatic rings. The fraction of sp³-hybridized carbons (Fsp3) is 0.350. The molecule has 1 amide bonds. The van der Waals surface area contributed by atoms with E-state index in [1.807, 2.05) is 10.8 Å². The van der Waals surface area contributed by atoms with Crippen LogP contribution < -0.4 is 5.32 Å². The van der Waals surface area contributed by atoms with Gasteiger partial charge >= 0.3 is 0 Å². The maximum absolute atomic E-state index is 12.1. The van der Waals surface area contributed by atoms with E-state index in [9.17, 15) is 4.79 Å². The van der Waals surface area contributed by atoms with Crippen LogP contribution >= 0.6 is 11.8 Å². The summed E-state index contributed by atoms with van der Waals surface area (Å²) >= 11 is 1.63. The van der Waals surface area contributed by atoms with Crippen molar-refractivity contribution in [2.75, 3.05) is 12.3 Å². The standard InChI is InChI=1S/C20H24N4OS/c1-14-4-5-18-17(10-14)15(2)11-20(23-18)26-9-6-19(25)22-12-16(3)24-8-7-21-13-24/h4-5,7-8,10-11,13,16H,6,9,12H2,1-3H3,(H,22,25)/t16-/m0/s1. The van der Waals surface area contributed by atoms with E-state index < -0.39 is 0 Å². The topological polar surface area (TPSA) is 59.8 Å². The van der Waals surface area contributed by atoms with Gasteiger partial charge in [0, 0.05) is 42.5 Å². The summed E-state index contributed by atoms with van der Waals surface area (Å²) in [7, 11) is 0. The minimum Gasteiger partial charge on any atom is -0.354 e. The third-order valence-corrected chi connectivity index (χ3v) is 5.27. The first-order valence-electron chi connectivity index (χ1n) is 8.78. The van der Waals surface area contributed by atoms with Crippen LogP contribution in [0.5, 0.6) is 0 Å². The van der Waals surface area contributed by atoms with Crippen LogP contribution in [0.1, 0.15) is 30.5 Å². The molecule has 2 heterocycles. The second kappa shape index (κ2) is 8.36. The van der Waals surface area contributed by atoms with Gasteiger partial charge in [-0.15, -0.1) is 11.8 Å². The van der Waals surface area contributed by atoms with Crippen molar-refractivity contribution in [3.05, 3.63) is 54.1 Å². The number of fused-ring (bicyclic) bond motifs is 1. The summed E-state index contributed by atoms with van der Waals surface area (Å²) in [6.45, 7) is 6.86. The number of rotatable bonds is 7. The summed E-state index contributed by atoms with van der Waals surface area (Å²) in [5.74, 6) is 0.785. The van der Waals surface area contributed by atoms with Crippen molar-refractivity contribution in [1.29, 1.82) is 0 Å². The number of pyridine rings is 1. The molecule has 5 nitrogen and oxygen atoms in total. The van der Waals surface area contributed by atoms with Crippen LogP contribution in [-0.4, -0.2) is 32.7 Å². The molecule has 3 aromatic rings. The number of nitrogens with zero attached hydrogens (tertiary/aromatic N) is 3. The molecule has 1 atom stereocenters. The van der Waals surface area contributed by atoms with Gasteiger partial charge in [0.15, 0.2) is 0 Å². The molecule has 0 unspecified atom stereocenters. The number of carbonyl (C=O) groups is 1. The molecule has 0 saturated carbocycles. The Morgan fingerprint density at radius 2 is 2.15 bits per heavy atom. The van der Waals surface area contributed by atoms with Crippen LogP contribution in [0, 0.1) is 13.8 Å². The first-order valence-corrected chi connectivity index (χ1v) is 9.76. The largest absolute Gasteiger partial charge is 0.354 e. The summed E-state index contributed by atoms with van der Waals surface area (Å²) < 4.78 is 1.98. The Labute approximate surface area is 158 Å². The molecule has 0 aliphatic heterocycles. The second-order valence-electron chi connectivity index (χ2n) is 6.56. The number of carbonyl (C=O) groups excluding carboxylic acids is 1. The molecule has 0 bridgehead atoms. The quantitative estimate of drug-likeness (QED) is 0.643. The summed E-state index contributed by atoms with van der Waals surface area (Å²) in [6.07, 6.45) is 5.90. The summed E-state index contributed by atoms with van der Waals surface area (Å²) in [4.78, 5) is 20.8. The Morgan fingerprint density at radius 1 is 1.31 bits per heavy atom. The lowest BCUT2D eigenvalue weighted by atomic mass is 10.1. The molecule has 2 aromatic heterocycles. The summed E-state index contributed by atoms with van der Waals surface area (Å²) in [5, 5.41) is 5.15. The molecule has 3 rings (SSSR count). The van der Waals surface area contributed by atoms with Gasteiger partial charge in [0.1, 0.15) is 0 Å². The minimum absolute atomic E-state index is 0.0672. The van der Waals surface area contributed by atoms with Crippen LogP contribution in [0.15, 0.2) is 48.0 Å². The SMILES string of the molecule is Cc1ccc2nc(SCCC(=O)NC[C@H](C)n3ccnc3)cc(C)c2c1.